The number of rotatable bonds is 7. The van der Waals surface area contributed by atoms with Crippen molar-refractivity contribution in [2.24, 2.45) is 4.99 Å². The summed E-state index contributed by atoms with van der Waals surface area (Å²) in [6, 6.07) is 14.0. The van der Waals surface area contributed by atoms with E-state index in [0.29, 0.717) is 24.9 Å². The highest BCUT2D eigenvalue weighted by molar-refractivity contribution is 14.0. The van der Waals surface area contributed by atoms with E-state index in [1.807, 2.05) is 37.3 Å². The van der Waals surface area contributed by atoms with Crippen LogP contribution in [0.25, 0.3) is 10.1 Å². The normalized spacial score (nSPS) is 12.3. The molecule has 0 fully saturated rings. The van der Waals surface area contributed by atoms with Crippen molar-refractivity contribution < 1.29 is 9.84 Å². The van der Waals surface area contributed by atoms with Crippen molar-refractivity contribution in [2.75, 3.05) is 20.2 Å². The summed E-state index contributed by atoms with van der Waals surface area (Å²) in [5, 5.41) is 18.1. The summed E-state index contributed by atoms with van der Waals surface area (Å²) >= 11 is 1.61. The van der Waals surface area contributed by atoms with Gasteiger partial charge in [-0.1, -0.05) is 18.2 Å². The molecular weight excluding hydrogens is 487 g/mol. The van der Waals surface area contributed by atoms with Crippen molar-refractivity contribution in [1.29, 1.82) is 0 Å². The lowest BCUT2D eigenvalue weighted by Gasteiger charge is -2.14. The van der Waals surface area contributed by atoms with Crippen molar-refractivity contribution in [3.05, 3.63) is 59.1 Å². The number of thiophene rings is 1. The first kappa shape index (κ1) is 22.4. The number of aliphatic hydroxyl groups is 1. The molecule has 1 unspecified atom stereocenters. The van der Waals surface area contributed by atoms with E-state index in [1.165, 1.54) is 4.70 Å². The minimum Gasteiger partial charge on any atom is -0.481 e. The number of ether oxygens (including phenoxy) is 1. The van der Waals surface area contributed by atoms with Crippen LogP contribution in [-0.2, 0) is 6.54 Å². The van der Waals surface area contributed by atoms with Gasteiger partial charge in [0, 0.05) is 34.9 Å². The Morgan fingerprint density at radius 1 is 1.25 bits per heavy atom. The zero-order valence-corrected chi connectivity index (χ0v) is 19.0. The van der Waals surface area contributed by atoms with Crippen molar-refractivity contribution in [3.63, 3.8) is 0 Å². The number of aliphatic imine (C=N–C) groups is 1. The van der Waals surface area contributed by atoms with E-state index >= 15 is 0 Å². The molecule has 2 aromatic heterocycles. The predicted molar refractivity (Wildman–Crippen MR) is 126 cm³/mol. The molecule has 150 valence electrons. The molecular formula is C20H25IN4O2S. The second-order valence-electron chi connectivity index (χ2n) is 5.98. The molecule has 8 heteroatoms. The van der Waals surface area contributed by atoms with Gasteiger partial charge >= 0.3 is 0 Å². The summed E-state index contributed by atoms with van der Waals surface area (Å²) in [5.74, 6) is 1.23. The Hall–Kier alpha value is -1.91. The third kappa shape index (κ3) is 6.05. The Morgan fingerprint density at radius 3 is 2.82 bits per heavy atom. The highest BCUT2D eigenvalue weighted by Gasteiger charge is 2.12. The molecule has 3 N–H and O–H groups in total. The summed E-state index contributed by atoms with van der Waals surface area (Å²) in [6.07, 6.45) is 1.11. The van der Waals surface area contributed by atoms with Crippen LogP contribution in [0.2, 0.25) is 0 Å². The number of nitrogens with zero attached hydrogens (tertiary/aromatic N) is 2. The van der Waals surface area contributed by atoms with Crippen LogP contribution < -0.4 is 15.4 Å². The summed E-state index contributed by atoms with van der Waals surface area (Å²) < 4.78 is 6.32. The van der Waals surface area contributed by atoms with Gasteiger partial charge in [-0.3, -0.25) is 0 Å². The molecule has 0 aliphatic heterocycles. The SMILES string of the molecule is CCNC(=NCc1ccnc(OC)c1)NCC(O)c1cc2ccccc2s1.I. The molecule has 0 aliphatic carbocycles. The van der Waals surface area contributed by atoms with E-state index in [-0.39, 0.29) is 24.0 Å². The van der Waals surface area contributed by atoms with Gasteiger partial charge in [-0.05, 0) is 36.1 Å². The van der Waals surface area contributed by atoms with Gasteiger partial charge in [-0.15, -0.1) is 35.3 Å². The molecule has 3 aromatic rings. The van der Waals surface area contributed by atoms with Crippen LogP contribution >= 0.6 is 35.3 Å². The number of benzene rings is 1. The van der Waals surface area contributed by atoms with Crippen LogP contribution in [0.5, 0.6) is 5.88 Å². The first-order chi connectivity index (χ1) is 13.2. The first-order valence-corrected chi connectivity index (χ1v) is 9.69. The zero-order valence-electron chi connectivity index (χ0n) is 15.9. The number of nitrogens with one attached hydrogen (secondary N) is 2. The Kier molecular flexibility index (Phi) is 8.94. The molecule has 0 saturated carbocycles. The summed E-state index contributed by atoms with van der Waals surface area (Å²) in [5.41, 5.74) is 1.00. The van der Waals surface area contributed by atoms with Gasteiger partial charge in [0.25, 0.3) is 0 Å². The monoisotopic (exact) mass is 512 g/mol. The molecule has 0 amide bonds. The van der Waals surface area contributed by atoms with Crippen LogP contribution in [-0.4, -0.2) is 36.2 Å². The molecule has 0 bridgehead atoms. The molecule has 0 spiro atoms. The maximum atomic E-state index is 10.5. The third-order valence-corrected chi connectivity index (χ3v) is 5.23. The van der Waals surface area contributed by atoms with Crippen LogP contribution in [0.1, 0.15) is 23.5 Å². The number of fused-ring (bicyclic) bond motifs is 1. The molecule has 2 heterocycles. The van der Waals surface area contributed by atoms with Gasteiger partial charge in [-0.25, -0.2) is 9.98 Å². The molecule has 0 aliphatic rings. The standard InChI is InChI=1S/C20H24N4O2S.HI/c1-3-21-20(23-12-14-8-9-22-19(10-14)26-2)24-13-16(25)18-11-15-6-4-5-7-17(15)27-18;/h4-11,16,25H,3,12-13H2,1-2H3,(H2,21,23,24);1H. The van der Waals surface area contributed by atoms with Crippen molar-refractivity contribution in [1.82, 2.24) is 15.6 Å². The molecule has 1 aromatic carbocycles. The molecule has 1 atom stereocenters. The van der Waals surface area contributed by atoms with Gasteiger partial charge in [-0.2, -0.15) is 0 Å². The summed E-state index contributed by atoms with van der Waals surface area (Å²) in [7, 11) is 1.59. The average Bonchev–Trinajstić information content (AvgIpc) is 3.14. The first-order valence-electron chi connectivity index (χ1n) is 8.87. The third-order valence-electron chi connectivity index (χ3n) is 4.01. The number of aliphatic hydroxyl groups excluding tert-OH is 1. The fourth-order valence-electron chi connectivity index (χ4n) is 2.63. The number of hydrogen-bond donors (Lipinski definition) is 3. The van der Waals surface area contributed by atoms with E-state index in [1.54, 1.807) is 24.6 Å². The highest BCUT2D eigenvalue weighted by Crippen LogP contribution is 2.29. The average molecular weight is 512 g/mol. The van der Waals surface area contributed by atoms with Crippen molar-refractivity contribution in [2.45, 2.75) is 19.6 Å². The Labute approximate surface area is 186 Å². The molecule has 0 radical (unpaired) electrons. The number of halogens is 1. The Balaban J connectivity index is 0.00000280. The second kappa shape index (κ2) is 11.2. The summed E-state index contributed by atoms with van der Waals surface area (Å²) in [6.45, 7) is 3.63. The lowest BCUT2D eigenvalue weighted by molar-refractivity contribution is 0.184. The maximum absolute atomic E-state index is 10.5. The molecule has 0 saturated heterocycles. The fourth-order valence-corrected chi connectivity index (χ4v) is 3.68. The number of guanidine groups is 1. The maximum Gasteiger partial charge on any atom is 0.213 e. The van der Waals surface area contributed by atoms with Gasteiger partial charge in [0.15, 0.2) is 5.96 Å². The summed E-state index contributed by atoms with van der Waals surface area (Å²) in [4.78, 5) is 9.61. The smallest absolute Gasteiger partial charge is 0.213 e. The zero-order chi connectivity index (χ0) is 19.1. The number of aromatic nitrogens is 1. The van der Waals surface area contributed by atoms with E-state index in [4.69, 9.17) is 4.74 Å². The van der Waals surface area contributed by atoms with Crippen LogP contribution in [0.15, 0.2) is 53.7 Å². The van der Waals surface area contributed by atoms with E-state index in [9.17, 15) is 5.11 Å². The number of pyridine rings is 1. The topological polar surface area (TPSA) is 78.8 Å². The highest BCUT2D eigenvalue weighted by atomic mass is 127. The van der Waals surface area contributed by atoms with Crippen LogP contribution in [0, 0.1) is 0 Å². The predicted octanol–water partition coefficient (Wildman–Crippen LogP) is 3.71. The van der Waals surface area contributed by atoms with Gasteiger partial charge in [0.05, 0.1) is 13.7 Å². The minimum atomic E-state index is -0.590. The van der Waals surface area contributed by atoms with E-state index in [2.05, 4.69) is 32.7 Å². The van der Waals surface area contributed by atoms with Gasteiger partial charge < -0.3 is 20.5 Å². The van der Waals surface area contributed by atoms with Gasteiger partial charge in [0.2, 0.25) is 5.88 Å². The van der Waals surface area contributed by atoms with Crippen LogP contribution in [0.4, 0.5) is 0 Å². The van der Waals surface area contributed by atoms with Crippen molar-refractivity contribution >= 4 is 51.4 Å². The molecule has 28 heavy (non-hydrogen) atoms. The Bertz CT molecular complexity index is 883. The Morgan fingerprint density at radius 2 is 2.07 bits per heavy atom. The molecule has 6 nitrogen and oxygen atoms in total. The van der Waals surface area contributed by atoms with Gasteiger partial charge in [0.1, 0.15) is 6.10 Å². The van der Waals surface area contributed by atoms with Crippen molar-refractivity contribution in [3.8, 4) is 5.88 Å². The van der Waals surface area contributed by atoms with E-state index in [0.717, 1.165) is 22.4 Å². The van der Waals surface area contributed by atoms with Crippen LogP contribution in [0.3, 0.4) is 0 Å². The van der Waals surface area contributed by atoms with E-state index < -0.39 is 6.10 Å². The lowest BCUT2D eigenvalue weighted by atomic mass is 10.2. The largest absolute Gasteiger partial charge is 0.481 e. The fraction of sp³-hybridized carbons (Fsp3) is 0.300. The lowest BCUT2D eigenvalue weighted by Crippen LogP contribution is -2.39. The minimum absolute atomic E-state index is 0. The second-order valence-corrected chi connectivity index (χ2v) is 7.10. The molecule has 3 rings (SSSR count). The number of methoxy groups -OCH3 is 1. The quantitative estimate of drug-likeness (QED) is 0.256. The number of hydrogen-bond acceptors (Lipinski definition) is 5.